The molecule has 1 heterocycles. The molecule has 4 nitrogen and oxygen atoms in total. The van der Waals surface area contributed by atoms with Crippen molar-refractivity contribution in [2.75, 3.05) is 13.7 Å². The van der Waals surface area contributed by atoms with Crippen LogP contribution in [0.15, 0.2) is 12.1 Å². The summed E-state index contributed by atoms with van der Waals surface area (Å²) in [6, 6.07) is 3.08. The lowest BCUT2D eigenvalue weighted by Gasteiger charge is -2.06. The Balaban J connectivity index is 2.71. The van der Waals surface area contributed by atoms with Gasteiger partial charge < -0.3 is 10.1 Å². The van der Waals surface area contributed by atoms with Crippen LogP contribution in [0.4, 0.5) is 0 Å². The first-order valence-corrected chi connectivity index (χ1v) is 5.55. The number of hydrogen-bond acceptors (Lipinski definition) is 3. The lowest BCUT2D eigenvalue weighted by Crippen LogP contribution is -2.24. The predicted octanol–water partition coefficient (Wildman–Crippen LogP) is 2.27. The number of amides is 1. The number of nitrogens with one attached hydrogen (secondary N) is 1. The molecule has 88 valence electrons. The minimum absolute atomic E-state index is 0.156. The van der Waals surface area contributed by atoms with Crippen molar-refractivity contribution in [3.05, 3.63) is 22.8 Å². The number of ether oxygens (including phenoxy) is 1. The molecule has 0 spiro atoms. The smallest absolute Gasteiger partial charge is 0.251 e. The summed E-state index contributed by atoms with van der Waals surface area (Å²) in [5, 5.41) is 3.05. The van der Waals surface area contributed by atoms with E-state index < -0.39 is 0 Å². The van der Waals surface area contributed by atoms with Gasteiger partial charge in [0, 0.05) is 18.2 Å². The van der Waals surface area contributed by atoms with Crippen molar-refractivity contribution < 1.29 is 9.53 Å². The van der Waals surface area contributed by atoms with Crippen molar-refractivity contribution in [2.24, 2.45) is 0 Å². The number of rotatable bonds is 5. The van der Waals surface area contributed by atoms with Crippen molar-refractivity contribution in [1.29, 1.82) is 0 Å². The summed E-state index contributed by atoms with van der Waals surface area (Å²) in [5.41, 5.74) is 0.466. The molecule has 0 aliphatic heterocycles. The summed E-state index contributed by atoms with van der Waals surface area (Å²) in [6.07, 6.45) is 2.00. The Morgan fingerprint density at radius 2 is 2.31 bits per heavy atom. The highest BCUT2D eigenvalue weighted by Crippen LogP contribution is 2.15. The molecule has 0 atom stereocenters. The van der Waals surface area contributed by atoms with E-state index in [9.17, 15) is 4.79 Å². The molecular weight excluding hydrogens is 228 g/mol. The molecule has 1 N–H and O–H groups in total. The summed E-state index contributed by atoms with van der Waals surface area (Å²) < 4.78 is 4.94. The number of aromatic nitrogens is 1. The van der Waals surface area contributed by atoms with E-state index in [2.05, 4.69) is 17.2 Å². The van der Waals surface area contributed by atoms with E-state index in [4.69, 9.17) is 16.3 Å². The SMILES string of the molecule is CCCCNC(=O)c1cc(Cl)nc(OC)c1. The zero-order valence-corrected chi connectivity index (χ0v) is 10.2. The van der Waals surface area contributed by atoms with Gasteiger partial charge in [0.2, 0.25) is 5.88 Å². The predicted molar refractivity (Wildman–Crippen MR) is 63.0 cm³/mol. The molecule has 0 aliphatic rings. The fraction of sp³-hybridized carbons (Fsp3) is 0.455. The molecule has 0 bridgehead atoms. The average Bonchev–Trinajstić information content (AvgIpc) is 2.28. The minimum Gasteiger partial charge on any atom is -0.481 e. The molecule has 16 heavy (non-hydrogen) atoms. The van der Waals surface area contributed by atoms with Crippen molar-refractivity contribution >= 4 is 17.5 Å². The molecule has 1 rings (SSSR count). The van der Waals surface area contributed by atoms with Crippen molar-refractivity contribution in [1.82, 2.24) is 10.3 Å². The van der Waals surface area contributed by atoms with Gasteiger partial charge in [-0.3, -0.25) is 4.79 Å². The number of halogens is 1. The summed E-state index contributed by atoms with van der Waals surface area (Å²) in [7, 11) is 1.48. The maximum Gasteiger partial charge on any atom is 0.251 e. The number of hydrogen-bond donors (Lipinski definition) is 1. The molecule has 1 aromatic heterocycles. The number of methoxy groups -OCH3 is 1. The van der Waals surface area contributed by atoms with Gasteiger partial charge in [0.25, 0.3) is 5.91 Å². The van der Waals surface area contributed by atoms with Gasteiger partial charge in [-0.1, -0.05) is 24.9 Å². The second kappa shape index (κ2) is 6.33. The lowest BCUT2D eigenvalue weighted by molar-refractivity contribution is 0.0952. The second-order valence-electron chi connectivity index (χ2n) is 3.33. The van der Waals surface area contributed by atoms with Crippen LogP contribution in [0.1, 0.15) is 30.1 Å². The zero-order chi connectivity index (χ0) is 12.0. The standard InChI is InChI=1S/C11H15ClN2O2/c1-3-4-5-13-11(15)8-6-9(12)14-10(7-8)16-2/h6-7H,3-5H2,1-2H3,(H,13,15). The Kier molecular flexibility index (Phi) is 5.05. The van der Waals surface area contributed by atoms with Gasteiger partial charge in [-0.05, 0) is 12.5 Å². The highest BCUT2D eigenvalue weighted by atomic mass is 35.5. The Morgan fingerprint density at radius 1 is 1.56 bits per heavy atom. The van der Waals surface area contributed by atoms with Gasteiger partial charge in [0.05, 0.1) is 7.11 Å². The number of carbonyl (C=O) groups excluding carboxylic acids is 1. The Hall–Kier alpha value is -1.29. The van der Waals surface area contributed by atoms with Gasteiger partial charge in [0.1, 0.15) is 5.15 Å². The third-order valence-electron chi connectivity index (χ3n) is 2.06. The second-order valence-corrected chi connectivity index (χ2v) is 3.72. The lowest BCUT2D eigenvalue weighted by atomic mass is 10.2. The monoisotopic (exact) mass is 242 g/mol. The van der Waals surface area contributed by atoms with Gasteiger partial charge in [-0.15, -0.1) is 0 Å². The van der Waals surface area contributed by atoms with Crippen LogP contribution in [-0.4, -0.2) is 24.5 Å². The first-order valence-electron chi connectivity index (χ1n) is 5.17. The van der Waals surface area contributed by atoms with E-state index in [0.29, 0.717) is 18.0 Å². The van der Waals surface area contributed by atoms with Crippen LogP contribution in [0.2, 0.25) is 5.15 Å². The zero-order valence-electron chi connectivity index (χ0n) is 9.42. The molecule has 0 unspecified atom stereocenters. The van der Waals surface area contributed by atoms with E-state index in [1.165, 1.54) is 13.2 Å². The molecular formula is C11H15ClN2O2. The van der Waals surface area contributed by atoms with Crippen LogP contribution >= 0.6 is 11.6 Å². The maximum atomic E-state index is 11.7. The largest absolute Gasteiger partial charge is 0.481 e. The molecule has 0 radical (unpaired) electrons. The quantitative estimate of drug-likeness (QED) is 0.637. The van der Waals surface area contributed by atoms with Gasteiger partial charge in [-0.25, -0.2) is 4.98 Å². The number of nitrogens with zero attached hydrogens (tertiary/aromatic N) is 1. The third-order valence-corrected chi connectivity index (χ3v) is 2.25. The third kappa shape index (κ3) is 3.70. The van der Waals surface area contributed by atoms with Crippen LogP contribution in [-0.2, 0) is 0 Å². The fourth-order valence-corrected chi connectivity index (χ4v) is 1.39. The Morgan fingerprint density at radius 3 is 2.94 bits per heavy atom. The number of unbranched alkanes of at least 4 members (excludes halogenated alkanes) is 1. The van der Waals surface area contributed by atoms with Crippen molar-refractivity contribution in [3.8, 4) is 5.88 Å². The Bertz CT molecular complexity index is 369. The average molecular weight is 243 g/mol. The van der Waals surface area contributed by atoms with E-state index in [-0.39, 0.29) is 11.1 Å². The van der Waals surface area contributed by atoms with E-state index in [0.717, 1.165) is 12.8 Å². The normalized spacial score (nSPS) is 9.94. The summed E-state index contributed by atoms with van der Waals surface area (Å²) in [4.78, 5) is 15.6. The topological polar surface area (TPSA) is 51.2 Å². The molecule has 0 saturated heterocycles. The molecule has 0 saturated carbocycles. The maximum absolute atomic E-state index is 11.7. The van der Waals surface area contributed by atoms with Gasteiger partial charge in [-0.2, -0.15) is 0 Å². The van der Waals surface area contributed by atoms with E-state index in [1.807, 2.05) is 0 Å². The molecule has 1 amide bonds. The first kappa shape index (κ1) is 12.8. The number of pyridine rings is 1. The first-order chi connectivity index (χ1) is 7.67. The highest BCUT2D eigenvalue weighted by molar-refractivity contribution is 6.29. The van der Waals surface area contributed by atoms with Crippen LogP contribution in [0.5, 0.6) is 5.88 Å². The summed E-state index contributed by atoms with van der Waals surface area (Å²) >= 11 is 5.76. The van der Waals surface area contributed by atoms with Crippen LogP contribution in [0.3, 0.4) is 0 Å². The van der Waals surface area contributed by atoms with Gasteiger partial charge >= 0.3 is 0 Å². The van der Waals surface area contributed by atoms with Gasteiger partial charge in [0.15, 0.2) is 0 Å². The van der Waals surface area contributed by atoms with E-state index in [1.54, 1.807) is 6.07 Å². The summed E-state index contributed by atoms with van der Waals surface area (Å²) in [6.45, 7) is 2.73. The van der Waals surface area contributed by atoms with Crippen molar-refractivity contribution in [3.63, 3.8) is 0 Å². The van der Waals surface area contributed by atoms with Crippen LogP contribution in [0.25, 0.3) is 0 Å². The van der Waals surface area contributed by atoms with Crippen LogP contribution < -0.4 is 10.1 Å². The van der Waals surface area contributed by atoms with Crippen LogP contribution in [0, 0.1) is 0 Å². The molecule has 0 aromatic carbocycles. The molecule has 0 aliphatic carbocycles. The summed E-state index contributed by atoms with van der Waals surface area (Å²) in [5.74, 6) is 0.184. The Labute approximate surface area is 100.0 Å². The molecule has 5 heteroatoms. The minimum atomic E-state index is -0.156. The molecule has 1 aromatic rings. The highest BCUT2D eigenvalue weighted by Gasteiger charge is 2.08. The van der Waals surface area contributed by atoms with Crippen molar-refractivity contribution in [2.45, 2.75) is 19.8 Å². The van der Waals surface area contributed by atoms with E-state index >= 15 is 0 Å². The fourth-order valence-electron chi connectivity index (χ4n) is 1.19. The molecule has 0 fully saturated rings. The number of carbonyl (C=O) groups is 1.